The van der Waals surface area contributed by atoms with E-state index in [2.05, 4.69) is 5.32 Å². The molecule has 15 heavy (non-hydrogen) atoms. The van der Waals surface area contributed by atoms with Gasteiger partial charge in [0.15, 0.2) is 0 Å². The van der Waals surface area contributed by atoms with Crippen molar-refractivity contribution >= 4 is 5.91 Å². The lowest BCUT2D eigenvalue weighted by Crippen LogP contribution is -2.44. The van der Waals surface area contributed by atoms with Gasteiger partial charge in [0.2, 0.25) is 5.91 Å². The number of nitrogens with one attached hydrogen (secondary N) is 1. The fraction of sp³-hybridized carbons (Fsp3) is 0.909. The molecule has 1 atom stereocenters. The summed E-state index contributed by atoms with van der Waals surface area (Å²) in [7, 11) is 0. The number of aliphatic hydroxyl groups is 1. The van der Waals surface area contributed by atoms with Gasteiger partial charge in [0.25, 0.3) is 0 Å². The van der Waals surface area contributed by atoms with Gasteiger partial charge in [0.1, 0.15) is 0 Å². The van der Waals surface area contributed by atoms with Crippen LogP contribution in [0.5, 0.6) is 0 Å². The highest BCUT2D eigenvalue weighted by Crippen LogP contribution is 2.22. The van der Waals surface area contributed by atoms with Crippen LogP contribution in [0.15, 0.2) is 0 Å². The predicted octanol–water partition coefficient (Wildman–Crippen LogP) is -0.0307. The highest BCUT2D eigenvalue weighted by atomic mass is 16.3. The molecular formula is C11H20N2O2. The Morgan fingerprint density at radius 3 is 2.73 bits per heavy atom. The molecule has 0 aromatic rings. The van der Waals surface area contributed by atoms with E-state index < -0.39 is 0 Å². The van der Waals surface area contributed by atoms with Crippen LogP contribution >= 0.6 is 0 Å². The van der Waals surface area contributed by atoms with E-state index in [0.717, 1.165) is 45.3 Å². The number of likely N-dealkylation sites (tertiary alicyclic amines) is 1. The van der Waals surface area contributed by atoms with E-state index in [9.17, 15) is 9.90 Å². The van der Waals surface area contributed by atoms with E-state index in [-0.39, 0.29) is 24.5 Å². The summed E-state index contributed by atoms with van der Waals surface area (Å²) < 4.78 is 0. The van der Waals surface area contributed by atoms with Crippen molar-refractivity contribution in [2.75, 3.05) is 26.2 Å². The third kappa shape index (κ3) is 2.32. The molecule has 0 saturated carbocycles. The smallest absolute Gasteiger partial charge is 0.226 e. The van der Waals surface area contributed by atoms with Crippen LogP contribution in [0.1, 0.15) is 25.7 Å². The maximum absolute atomic E-state index is 12.2. The fourth-order valence-electron chi connectivity index (χ4n) is 2.62. The van der Waals surface area contributed by atoms with Gasteiger partial charge in [0.05, 0.1) is 12.6 Å². The van der Waals surface area contributed by atoms with Crippen molar-refractivity contribution in [3.63, 3.8) is 0 Å². The van der Waals surface area contributed by atoms with E-state index in [1.807, 2.05) is 4.90 Å². The molecule has 4 nitrogen and oxygen atoms in total. The molecular weight excluding hydrogens is 192 g/mol. The normalized spacial score (nSPS) is 28.3. The highest BCUT2D eigenvalue weighted by Gasteiger charge is 2.32. The van der Waals surface area contributed by atoms with Crippen LogP contribution in [0.2, 0.25) is 0 Å². The molecule has 2 N–H and O–H groups in total. The van der Waals surface area contributed by atoms with Gasteiger partial charge in [-0.25, -0.2) is 0 Å². The molecule has 0 aromatic carbocycles. The fourth-order valence-corrected chi connectivity index (χ4v) is 2.62. The van der Waals surface area contributed by atoms with Gasteiger partial charge in [-0.1, -0.05) is 0 Å². The Balaban J connectivity index is 1.93. The summed E-state index contributed by atoms with van der Waals surface area (Å²) in [6.07, 6.45) is 3.91. The molecule has 1 unspecified atom stereocenters. The number of carbonyl (C=O) groups excluding carboxylic acids is 1. The number of hydrogen-bond acceptors (Lipinski definition) is 3. The van der Waals surface area contributed by atoms with Gasteiger partial charge in [-0.15, -0.1) is 0 Å². The lowest BCUT2D eigenvalue weighted by Gasteiger charge is -2.30. The zero-order valence-corrected chi connectivity index (χ0v) is 9.11. The minimum atomic E-state index is 0.0902. The second kappa shape index (κ2) is 4.94. The van der Waals surface area contributed by atoms with Gasteiger partial charge in [-0.2, -0.15) is 0 Å². The van der Waals surface area contributed by atoms with Crippen LogP contribution in [0.3, 0.4) is 0 Å². The number of piperidine rings is 1. The molecule has 0 bridgehead atoms. The second-order valence-electron chi connectivity index (χ2n) is 4.53. The maximum Gasteiger partial charge on any atom is 0.226 e. The molecule has 4 heteroatoms. The van der Waals surface area contributed by atoms with Crippen molar-refractivity contribution in [2.24, 2.45) is 5.92 Å². The molecule has 2 rings (SSSR count). The molecule has 1 amide bonds. The van der Waals surface area contributed by atoms with Crippen LogP contribution < -0.4 is 5.32 Å². The lowest BCUT2D eigenvalue weighted by atomic mass is 9.96. The molecule has 2 saturated heterocycles. The summed E-state index contributed by atoms with van der Waals surface area (Å²) in [4.78, 5) is 14.1. The summed E-state index contributed by atoms with van der Waals surface area (Å²) in [5.74, 6) is 0.464. The lowest BCUT2D eigenvalue weighted by molar-refractivity contribution is -0.137. The molecule has 2 aliphatic rings. The van der Waals surface area contributed by atoms with Crippen molar-refractivity contribution in [3.8, 4) is 0 Å². The summed E-state index contributed by atoms with van der Waals surface area (Å²) in [6, 6.07) is 0.0902. The average molecular weight is 212 g/mol. The summed E-state index contributed by atoms with van der Waals surface area (Å²) in [5.41, 5.74) is 0. The maximum atomic E-state index is 12.2. The average Bonchev–Trinajstić information content (AvgIpc) is 2.77. The Morgan fingerprint density at radius 1 is 1.33 bits per heavy atom. The number of nitrogens with zero attached hydrogens (tertiary/aromatic N) is 1. The van der Waals surface area contributed by atoms with Crippen LogP contribution in [-0.2, 0) is 4.79 Å². The number of amides is 1. The molecule has 2 aliphatic heterocycles. The van der Waals surface area contributed by atoms with Crippen LogP contribution in [0, 0.1) is 5.92 Å². The first-order valence-electron chi connectivity index (χ1n) is 5.95. The van der Waals surface area contributed by atoms with Crippen molar-refractivity contribution < 1.29 is 9.90 Å². The number of hydrogen-bond donors (Lipinski definition) is 2. The number of carbonyl (C=O) groups is 1. The van der Waals surface area contributed by atoms with E-state index in [0.29, 0.717) is 0 Å². The zero-order valence-electron chi connectivity index (χ0n) is 9.11. The highest BCUT2D eigenvalue weighted by molar-refractivity contribution is 5.79. The molecule has 2 heterocycles. The van der Waals surface area contributed by atoms with Crippen molar-refractivity contribution in [2.45, 2.75) is 31.7 Å². The van der Waals surface area contributed by atoms with Crippen LogP contribution in [0.25, 0.3) is 0 Å². The first kappa shape index (κ1) is 10.9. The largest absolute Gasteiger partial charge is 0.394 e. The van der Waals surface area contributed by atoms with Gasteiger partial charge < -0.3 is 15.3 Å². The van der Waals surface area contributed by atoms with Gasteiger partial charge >= 0.3 is 0 Å². The third-order valence-electron chi connectivity index (χ3n) is 3.56. The Morgan fingerprint density at radius 2 is 2.07 bits per heavy atom. The Labute approximate surface area is 90.6 Å². The number of aliphatic hydroxyl groups excluding tert-OH is 1. The molecule has 0 radical (unpaired) electrons. The van der Waals surface area contributed by atoms with Gasteiger partial charge in [0, 0.05) is 12.5 Å². The van der Waals surface area contributed by atoms with E-state index >= 15 is 0 Å². The molecule has 0 spiro atoms. The predicted molar refractivity (Wildman–Crippen MR) is 57.4 cm³/mol. The van der Waals surface area contributed by atoms with E-state index in [4.69, 9.17) is 0 Å². The topological polar surface area (TPSA) is 52.6 Å². The van der Waals surface area contributed by atoms with Gasteiger partial charge in [-0.3, -0.25) is 4.79 Å². The van der Waals surface area contributed by atoms with Crippen LogP contribution in [0.4, 0.5) is 0 Å². The van der Waals surface area contributed by atoms with Crippen molar-refractivity contribution in [1.82, 2.24) is 10.2 Å². The van der Waals surface area contributed by atoms with Crippen LogP contribution in [-0.4, -0.2) is 48.2 Å². The quantitative estimate of drug-likeness (QED) is 0.676. The molecule has 2 fully saturated rings. The minimum absolute atomic E-state index is 0.0902. The van der Waals surface area contributed by atoms with Crippen molar-refractivity contribution in [1.29, 1.82) is 0 Å². The van der Waals surface area contributed by atoms with E-state index in [1.54, 1.807) is 0 Å². The Hall–Kier alpha value is -0.610. The first-order chi connectivity index (χ1) is 7.33. The molecule has 0 aliphatic carbocycles. The Bertz CT molecular complexity index is 227. The summed E-state index contributed by atoms with van der Waals surface area (Å²) in [5, 5.41) is 12.4. The van der Waals surface area contributed by atoms with Gasteiger partial charge in [-0.05, 0) is 38.8 Å². The first-order valence-corrected chi connectivity index (χ1v) is 5.95. The zero-order chi connectivity index (χ0) is 10.7. The monoisotopic (exact) mass is 212 g/mol. The summed E-state index contributed by atoms with van der Waals surface area (Å²) in [6.45, 7) is 2.87. The third-order valence-corrected chi connectivity index (χ3v) is 3.56. The van der Waals surface area contributed by atoms with Crippen molar-refractivity contribution in [3.05, 3.63) is 0 Å². The molecule has 0 aromatic heterocycles. The SMILES string of the molecule is O=C(C1CCNCC1)N1CCCC1CO. The van der Waals surface area contributed by atoms with E-state index in [1.165, 1.54) is 0 Å². The Kier molecular flexibility index (Phi) is 3.59. The summed E-state index contributed by atoms with van der Waals surface area (Å²) >= 11 is 0. The second-order valence-corrected chi connectivity index (χ2v) is 4.53. The minimum Gasteiger partial charge on any atom is -0.394 e. The standard InChI is InChI=1S/C11H20N2O2/c14-8-10-2-1-7-13(10)11(15)9-3-5-12-6-4-9/h9-10,12,14H,1-8H2. The number of rotatable bonds is 2. The molecule has 86 valence electrons.